The summed E-state index contributed by atoms with van der Waals surface area (Å²) in [6, 6.07) is 11.0. The van der Waals surface area contributed by atoms with E-state index in [1.807, 2.05) is 37.3 Å². The molecule has 1 aromatic carbocycles. The van der Waals surface area contributed by atoms with Gasteiger partial charge >= 0.3 is 0 Å². The van der Waals surface area contributed by atoms with Gasteiger partial charge in [0.05, 0.1) is 0 Å². The van der Waals surface area contributed by atoms with Crippen molar-refractivity contribution in [2.75, 3.05) is 0 Å². The number of aromatic nitrogens is 5. The van der Waals surface area contributed by atoms with E-state index in [0.717, 1.165) is 24.1 Å². The Morgan fingerprint density at radius 1 is 1.21 bits per heavy atom. The number of aryl methyl sites for hydroxylation is 2. The van der Waals surface area contributed by atoms with Crippen LogP contribution < -0.4 is 5.32 Å². The molecule has 0 saturated carbocycles. The van der Waals surface area contributed by atoms with Crippen molar-refractivity contribution in [3.63, 3.8) is 0 Å². The minimum Gasteiger partial charge on any atom is -0.336 e. The van der Waals surface area contributed by atoms with Crippen molar-refractivity contribution in [3.05, 3.63) is 65.0 Å². The van der Waals surface area contributed by atoms with Gasteiger partial charge in [-0.15, -0.1) is 0 Å². The highest BCUT2D eigenvalue weighted by molar-refractivity contribution is 5.92. The quantitative estimate of drug-likeness (QED) is 0.648. The second-order valence-electron chi connectivity index (χ2n) is 5.62. The van der Waals surface area contributed by atoms with E-state index in [1.54, 1.807) is 6.07 Å². The SMILES string of the molecule is CCCc1cc(C(=O)N[C@@H](c2ccccc2)c2n[nH]c(C)n2)n[nH]1. The van der Waals surface area contributed by atoms with Crippen LogP contribution in [0.2, 0.25) is 0 Å². The molecule has 0 aliphatic rings. The van der Waals surface area contributed by atoms with Gasteiger partial charge in [0.15, 0.2) is 5.82 Å². The number of rotatable bonds is 6. The van der Waals surface area contributed by atoms with Crippen LogP contribution in [0.15, 0.2) is 36.4 Å². The van der Waals surface area contributed by atoms with Gasteiger partial charge < -0.3 is 5.32 Å². The van der Waals surface area contributed by atoms with Gasteiger partial charge in [-0.05, 0) is 25.0 Å². The van der Waals surface area contributed by atoms with Crippen LogP contribution in [0.1, 0.15) is 52.8 Å². The summed E-state index contributed by atoms with van der Waals surface area (Å²) in [5, 5.41) is 17.0. The molecule has 7 nitrogen and oxygen atoms in total. The minimum atomic E-state index is -0.435. The van der Waals surface area contributed by atoms with Crippen LogP contribution in [-0.2, 0) is 6.42 Å². The summed E-state index contributed by atoms with van der Waals surface area (Å²) in [5.41, 5.74) is 2.23. The number of carbonyl (C=O) groups excluding carboxylic acids is 1. The molecule has 1 atom stereocenters. The molecular weight excluding hydrogens is 304 g/mol. The van der Waals surface area contributed by atoms with Crippen LogP contribution >= 0.6 is 0 Å². The van der Waals surface area contributed by atoms with Gasteiger partial charge in [-0.2, -0.15) is 10.2 Å². The molecule has 2 aromatic heterocycles. The zero-order valence-corrected chi connectivity index (χ0v) is 13.7. The first kappa shape index (κ1) is 15.9. The Labute approximate surface area is 139 Å². The highest BCUT2D eigenvalue weighted by Gasteiger charge is 2.22. The Hall–Kier alpha value is -2.96. The lowest BCUT2D eigenvalue weighted by molar-refractivity contribution is 0.0936. The molecule has 3 rings (SSSR count). The number of H-pyrrole nitrogens is 2. The van der Waals surface area contributed by atoms with Gasteiger partial charge in [-0.1, -0.05) is 43.7 Å². The first-order valence-electron chi connectivity index (χ1n) is 7.96. The third-order valence-electron chi connectivity index (χ3n) is 3.66. The van der Waals surface area contributed by atoms with Crippen molar-refractivity contribution < 1.29 is 4.79 Å². The van der Waals surface area contributed by atoms with Gasteiger partial charge in [0, 0.05) is 5.69 Å². The molecule has 0 unspecified atom stereocenters. The second kappa shape index (κ2) is 7.08. The number of nitrogens with zero attached hydrogens (tertiary/aromatic N) is 3. The van der Waals surface area contributed by atoms with Crippen LogP contribution in [0.25, 0.3) is 0 Å². The molecular formula is C17H20N6O. The molecule has 0 aliphatic carbocycles. The maximum absolute atomic E-state index is 12.6. The molecule has 3 aromatic rings. The number of aromatic amines is 2. The number of hydrogen-bond acceptors (Lipinski definition) is 4. The Kier molecular flexibility index (Phi) is 4.69. The van der Waals surface area contributed by atoms with E-state index in [0.29, 0.717) is 17.3 Å². The third-order valence-corrected chi connectivity index (χ3v) is 3.66. The van der Waals surface area contributed by atoms with Crippen LogP contribution in [0.3, 0.4) is 0 Å². The van der Waals surface area contributed by atoms with Gasteiger partial charge in [-0.25, -0.2) is 4.98 Å². The smallest absolute Gasteiger partial charge is 0.272 e. The summed E-state index contributed by atoms with van der Waals surface area (Å²) in [7, 11) is 0. The molecule has 2 heterocycles. The summed E-state index contributed by atoms with van der Waals surface area (Å²) in [4.78, 5) is 16.9. The van der Waals surface area contributed by atoms with Gasteiger partial charge in [0.1, 0.15) is 17.6 Å². The molecule has 1 amide bonds. The Bertz CT molecular complexity index is 807. The molecule has 0 radical (unpaired) electrons. The fourth-order valence-corrected chi connectivity index (χ4v) is 2.51. The first-order valence-corrected chi connectivity index (χ1v) is 7.96. The fourth-order valence-electron chi connectivity index (χ4n) is 2.51. The minimum absolute atomic E-state index is 0.259. The van der Waals surface area contributed by atoms with Crippen LogP contribution in [-0.4, -0.2) is 31.3 Å². The van der Waals surface area contributed by atoms with E-state index in [4.69, 9.17) is 0 Å². The van der Waals surface area contributed by atoms with Gasteiger partial charge in [-0.3, -0.25) is 15.0 Å². The van der Waals surface area contributed by atoms with Crippen molar-refractivity contribution in [3.8, 4) is 0 Å². The summed E-state index contributed by atoms with van der Waals surface area (Å²) in [5.74, 6) is 0.964. The molecule has 3 N–H and O–H groups in total. The standard InChI is InChI=1S/C17H20N6O/c1-3-7-13-10-14(22-21-13)17(24)19-15(12-8-5-4-6-9-12)16-18-11(2)20-23-16/h4-6,8-10,15H,3,7H2,1-2H3,(H,19,24)(H,21,22)(H,18,20,23)/t15-/m0/s1. The predicted octanol–water partition coefficient (Wildman–Crippen LogP) is 2.31. The lowest BCUT2D eigenvalue weighted by Crippen LogP contribution is -2.30. The normalized spacial score (nSPS) is 12.1. The monoisotopic (exact) mass is 324 g/mol. The van der Waals surface area contributed by atoms with Gasteiger partial charge in [0.2, 0.25) is 0 Å². The zero-order valence-electron chi connectivity index (χ0n) is 13.7. The topological polar surface area (TPSA) is 99.3 Å². The Morgan fingerprint density at radius 2 is 2.00 bits per heavy atom. The Balaban J connectivity index is 1.84. The van der Waals surface area contributed by atoms with E-state index < -0.39 is 6.04 Å². The Morgan fingerprint density at radius 3 is 2.67 bits per heavy atom. The third kappa shape index (κ3) is 3.51. The predicted molar refractivity (Wildman–Crippen MR) is 89.5 cm³/mol. The maximum atomic E-state index is 12.6. The number of benzene rings is 1. The molecule has 124 valence electrons. The van der Waals surface area contributed by atoms with Crippen molar-refractivity contribution in [2.24, 2.45) is 0 Å². The zero-order chi connectivity index (χ0) is 16.9. The number of amides is 1. The maximum Gasteiger partial charge on any atom is 0.272 e. The van der Waals surface area contributed by atoms with Crippen LogP contribution in [0.4, 0.5) is 0 Å². The summed E-state index contributed by atoms with van der Waals surface area (Å²) in [6.07, 6.45) is 1.86. The molecule has 0 spiro atoms. The van der Waals surface area contributed by atoms with Crippen LogP contribution in [0.5, 0.6) is 0 Å². The van der Waals surface area contributed by atoms with E-state index >= 15 is 0 Å². The fraction of sp³-hybridized carbons (Fsp3) is 0.294. The van der Waals surface area contributed by atoms with E-state index in [2.05, 4.69) is 37.6 Å². The van der Waals surface area contributed by atoms with E-state index in [9.17, 15) is 4.79 Å². The first-order chi connectivity index (χ1) is 11.7. The molecule has 24 heavy (non-hydrogen) atoms. The average molecular weight is 324 g/mol. The number of nitrogens with one attached hydrogen (secondary N) is 3. The van der Waals surface area contributed by atoms with Crippen molar-refractivity contribution in [1.29, 1.82) is 0 Å². The summed E-state index contributed by atoms with van der Waals surface area (Å²) >= 11 is 0. The average Bonchev–Trinajstić information content (AvgIpc) is 3.23. The van der Waals surface area contributed by atoms with Crippen molar-refractivity contribution >= 4 is 5.91 Å². The van der Waals surface area contributed by atoms with Crippen LogP contribution in [0, 0.1) is 6.92 Å². The molecule has 0 fully saturated rings. The molecule has 0 aliphatic heterocycles. The molecule has 0 bridgehead atoms. The van der Waals surface area contributed by atoms with E-state index in [-0.39, 0.29) is 5.91 Å². The highest BCUT2D eigenvalue weighted by atomic mass is 16.2. The number of carbonyl (C=O) groups is 1. The van der Waals surface area contributed by atoms with Gasteiger partial charge in [0.25, 0.3) is 5.91 Å². The lowest BCUT2D eigenvalue weighted by Gasteiger charge is -2.15. The summed E-state index contributed by atoms with van der Waals surface area (Å²) < 4.78 is 0. The second-order valence-corrected chi connectivity index (χ2v) is 5.62. The number of hydrogen-bond donors (Lipinski definition) is 3. The van der Waals surface area contributed by atoms with Crippen molar-refractivity contribution in [2.45, 2.75) is 32.7 Å². The summed E-state index contributed by atoms with van der Waals surface area (Å²) in [6.45, 7) is 3.91. The molecule has 7 heteroatoms. The molecule has 0 saturated heterocycles. The van der Waals surface area contributed by atoms with Crippen molar-refractivity contribution in [1.82, 2.24) is 30.7 Å². The van der Waals surface area contributed by atoms with E-state index in [1.165, 1.54) is 0 Å². The lowest BCUT2D eigenvalue weighted by atomic mass is 10.1. The highest BCUT2D eigenvalue weighted by Crippen LogP contribution is 2.19. The largest absolute Gasteiger partial charge is 0.336 e.